The van der Waals surface area contributed by atoms with E-state index in [1.54, 1.807) is 0 Å². The molecule has 1 amide bonds. The minimum Gasteiger partial charge on any atom is -0.493 e. The first-order valence-corrected chi connectivity index (χ1v) is 6.30. The maximum Gasteiger partial charge on any atom is 0.251 e. The summed E-state index contributed by atoms with van der Waals surface area (Å²) in [7, 11) is 0. The van der Waals surface area contributed by atoms with Crippen molar-refractivity contribution in [3.63, 3.8) is 0 Å². The van der Waals surface area contributed by atoms with E-state index in [0.29, 0.717) is 12.0 Å². The molecule has 1 N–H and O–H groups in total. The Hall–Kier alpha value is -1.51. The summed E-state index contributed by atoms with van der Waals surface area (Å²) in [6.07, 6.45) is 3.41. The van der Waals surface area contributed by atoms with Gasteiger partial charge >= 0.3 is 0 Å². The molecule has 1 aromatic rings. The Balaban J connectivity index is 1.72. The third-order valence-electron chi connectivity index (χ3n) is 3.64. The van der Waals surface area contributed by atoms with Gasteiger partial charge in [-0.2, -0.15) is 0 Å². The van der Waals surface area contributed by atoms with Crippen LogP contribution in [-0.4, -0.2) is 18.6 Å². The van der Waals surface area contributed by atoms with Gasteiger partial charge in [0.2, 0.25) is 0 Å². The van der Waals surface area contributed by atoms with Gasteiger partial charge in [-0.3, -0.25) is 4.79 Å². The Kier molecular flexibility index (Phi) is 2.54. The van der Waals surface area contributed by atoms with Crippen LogP contribution in [0.2, 0.25) is 0 Å². The summed E-state index contributed by atoms with van der Waals surface area (Å²) >= 11 is 0. The van der Waals surface area contributed by atoms with Gasteiger partial charge in [-0.1, -0.05) is 0 Å². The number of ether oxygens (including phenoxy) is 1. The smallest absolute Gasteiger partial charge is 0.251 e. The molecule has 1 aromatic carbocycles. The molecule has 1 saturated carbocycles. The van der Waals surface area contributed by atoms with Gasteiger partial charge in [0.15, 0.2) is 0 Å². The lowest BCUT2D eigenvalue weighted by molar-refractivity contribution is 0.0936. The minimum absolute atomic E-state index is 0.0408. The van der Waals surface area contributed by atoms with Crippen LogP contribution in [0.5, 0.6) is 5.75 Å². The quantitative estimate of drug-likeness (QED) is 0.865. The fourth-order valence-corrected chi connectivity index (χ4v) is 2.33. The molecule has 90 valence electrons. The summed E-state index contributed by atoms with van der Waals surface area (Å²) < 4.78 is 5.43. The molecule has 1 unspecified atom stereocenters. The van der Waals surface area contributed by atoms with E-state index in [1.807, 2.05) is 18.2 Å². The number of rotatable bonds is 3. The van der Waals surface area contributed by atoms with Crippen molar-refractivity contribution in [1.82, 2.24) is 5.32 Å². The van der Waals surface area contributed by atoms with Crippen LogP contribution in [-0.2, 0) is 6.42 Å². The Morgan fingerprint density at radius 1 is 1.47 bits per heavy atom. The van der Waals surface area contributed by atoms with Crippen LogP contribution in [0, 0.1) is 5.92 Å². The highest BCUT2D eigenvalue weighted by molar-refractivity contribution is 5.94. The van der Waals surface area contributed by atoms with Gasteiger partial charge in [0.25, 0.3) is 5.91 Å². The van der Waals surface area contributed by atoms with Crippen LogP contribution in [0.3, 0.4) is 0 Å². The Morgan fingerprint density at radius 2 is 2.29 bits per heavy atom. The van der Waals surface area contributed by atoms with E-state index in [1.165, 1.54) is 12.8 Å². The molecule has 1 heterocycles. The first-order chi connectivity index (χ1) is 8.24. The zero-order valence-corrected chi connectivity index (χ0v) is 10.0. The lowest BCUT2D eigenvalue weighted by atomic mass is 10.1. The van der Waals surface area contributed by atoms with Crippen molar-refractivity contribution in [2.45, 2.75) is 32.2 Å². The predicted molar refractivity (Wildman–Crippen MR) is 65.3 cm³/mol. The van der Waals surface area contributed by atoms with Gasteiger partial charge in [0.1, 0.15) is 5.75 Å². The molecule has 0 bridgehead atoms. The lowest BCUT2D eigenvalue weighted by Crippen LogP contribution is -2.33. The second-order valence-corrected chi connectivity index (χ2v) is 5.02. The molecule has 0 saturated heterocycles. The van der Waals surface area contributed by atoms with Crippen molar-refractivity contribution in [1.29, 1.82) is 0 Å². The van der Waals surface area contributed by atoms with E-state index in [-0.39, 0.29) is 5.91 Å². The van der Waals surface area contributed by atoms with Crippen LogP contribution in [0.15, 0.2) is 18.2 Å². The molecule has 3 rings (SSSR count). The first-order valence-electron chi connectivity index (χ1n) is 6.30. The number of carbonyl (C=O) groups excluding carboxylic acids is 1. The van der Waals surface area contributed by atoms with E-state index in [4.69, 9.17) is 4.74 Å². The van der Waals surface area contributed by atoms with Crippen LogP contribution in [0.25, 0.3) is 0 Å². The molecular weight excluding hydrogens is 214 g/mol. The molecule has 0 radical (unpaired) electrons. The highest BCUT2D eigenvalue weighted by atomic mass is 16.5. The fraction of sp³-hybridized carbons (Fsp3) is 0.500. The molecule has 1 aliphatic heterocycles. The number of hydrogen-bond donors (Lipinski definition) is 1. The summed E-state index contributed by atoms with van der Waals surface area (Å²) in [5.74, 6) is 1.66. The SMILES string of the molecule is CC(NC(=O)c1ccc2c(c1)CCO2)C1CC1. The monoisotopic (exact) mass is 231 g/mol. The van der Waals surface area contributed by atoms with Crippen LogP contribution in [0.4, 0.5) is 0 Å². The molecular formula is C14H17NO2. The number of benzene rings is 1. The van der Waals surface area contributed by atoms with Gasteiger partial charge in [-0.25, -0.2) is 0 Å². The summed E-state index contributed by atoms with van der Waals surface area (Å²) in [6.45, 7) is 2.82. The maximum absolute atomic E-state index is 12.0. The molecule has 2 aliphatic rings. The topological polar surface area (TPSA) is 38.3 Å². The van der Waals surface area contributed by atoms with Crippen molar-refractivity contribution < 1.29 is 9.53 Å². The Morgan fingerprint density at radius 3 is 3.06 bits per heavy atom. The molecule has 0 spiro atoms. The summed E-state index contributed by atoms with van der Waals surface area (Å²) in [5, 5.41) is 3.07. The number of nitrogens with one attached hydrogen (secondary N) is 1. The third kappa shape index (κ3) is 2.14. The van der Waals surface area contributed by atoms with Crippen LogP contribution >= 0.6 is 0 Å². The lowest BCUT2D eigenvalue weighted by Gasteiger charge is -2.13. The van der Waals surface area contributed by atoms with Crippen LogP contribution < -0.4 is 10.1 Å². The normalized spacial score (nSPS) is 19.4. The zero-order chi connectivity index (χ0) is 11.8. The van der Waals surface area contributed by atoms with E-state index < -0.39 is 0 Å². The summed E-state index contributed by atoms with van der Waals surface area (Å²) in [5.41, 5.74) is 1.90. The average Bonchev–Trinajstić information content (AvgIpc) is 3.07. The first kappa shape index (κ1) is 10.6. The molecule has 1 aliphatic carbocycles. The van der Waals surface area contributed by atoms with Crippen LogP contribution in [0.1, 0.15) is 35.7 Å². The van der Waals surface area contributed by atoms with E-state index in [2.05, 4.69) is 12.2 Å². The predicted octanol–water partition coefficient (Wildman–Crippen LogP) is 2.15. The Bertz CT molecular complexity index is 452. The molecule has 1 fully saturated rings. The highest BCUT2D eigenvalue weighted by Crippen LogP contribution is 2.32. The number of carbonyl (C=O) groups is 1. The average molecular weight is 231 g/mol. The molecule has 3 nitrogen and oxygen atoms in total. The van der Waals surface area contributed by atoms with Gasteiger partial charge < -0.3 is 10.1 Å². The molecule has 1 atom stereocenters. The molecule has 0 aromatic heterocycles. The molecule has 3 heteroatoms. The van der Waals surface area contributed by atoms with E-state index in [9.17, 15) is 4.79 Å². The summed E-state index contributed by atoms with van der Waals surface area (Å²) in [4.78, 5) is 12.0. The summed E-state index contributed by atoms with van der Waals surface area (Å²) in [6, 6.07) is 6.00. The second kappa shape index (κ2) is 4.06. The van der Waals surface area contributed by atoms with Gasteiger partial charge in [0.05, 0.1) is 6.61 Å². The highest BCUT2D eigenvalue weighted by Gasteiger charge is 2.29. The fourth-order valence-electron chi connectivity index (χ4n) is 2.33. The van der Waals surface area contributed by atoms with Crippen molar-refractivity contribution in [3.8, 4) is 5.75 Å². The van der Waals surface area contributed by atoms with Crippen molar-refractivity contribution in [2.75, 3.05) is 6.61 Å². The van der Waals surface area contributed by atoms with Gasteiger partial charge in [-0.15, -0.1) is 0 Å². The zero-order valence-electron chi connectivity index (χ0n) is 10.0. The molecule has 17 heavy (non-hydrogen) atoms. The van der Waals surface area contributed by atoms with Gasteiger partial charge in [-0.05, 0) is 49.4 Å². The van der Waals surface area contributed by atoms with Crippen molar-refractivity contribution >= 4 is 5.91 Å². The minimum atomic E-state index is 0.0408. The number of amides is 1. The van der Waals surface area contributed by atoms with E-state index >= 15 is 0 Å². The maximum atomic E-state index is 12.0. The largest absolute Gasteiger partial charge is 0.493 e. The number of fused-ring (bicyclic) bond motifs is 1. The standard InChI is InChI=1S/C14H17NO2/c1-9(10-2-3-10)15-14(16)12-4-5-13-11(8-12)6-7-17-13/h4-5,8-10H,2-3,6-7H2,1H3,(H,15,16). The van der Waals surface area contributed by atoms with Gasteiger partial charge in [0, 0.05) is 18.0 Å². The third-order valence-corrected chi connectivity index (χ3v) is 3.64. The van der Waals surface area contributed by atoms with E-state index in [0.717, 1.165) is 29.9 Å². The second-order valence-electron chi connectivity index (χ2n) is 5.02. The Labute approximate surface area is 101 Å². The number of hydrogen-bond acceptors (Lipinski definition) is 2. The van der Waals surface area contributed by atoms with Crippen molar-refractivity contribution in [3.05, 3.63) is 29.3 Å². The van der Waals surface area contributed by atoms with Crippen molar-refractivity contribution in [2.24, 2.45) is 5.92 Å².